The molecule has 0 radical (unpaired) electrons. The van der Waals surface area contributed by atoms with Crippen molar-refractivity contribution >= 4 is 28.2 Å². The number of benzene rings is 1. The molecule has 7 heteroatoms. The first-order chi connectivity index (χ1) is 12.1. The zero-order valence-electron chi connectivity index (χ0n) is 13.1. The summed E-state index contributed by atoms with van der Waals surface area (Å²) >= 11 is 1.08. The number of hydrogen-bond acceptors (Lipinski definition) is 5. The summed E-state index contributed by atoms with van der Waals surface area (Å²) in [6.07, 6.45) is 3.95. The van der Waals surface area contributed by atoms with Crippen molar-refractivity contribution in [3.8, 4) is 22.7 Å². The molecule has 1 unspecified atom stereocenters. The van der Waals surface area contributed by atoms with Crippen LogP contribution in [0.1, 0.15) is 39.8 Å². The molecular formula is C18H12N4O2S. The third kappa shape index (κ3) is 2.37. The summed E-state index contributed by atoms with van der Waals surface area (Å²) in [5.74, 6) is -1.01. The van der Waals surface area contributed by atoms with Gasteiger partial charge in [0.15, 0.2) is 0 Å². The van der Waals surface area contributed by atoms with Crippen LogP contribution in [0.5, 0.6) is 0 Å². The number of aryl methyl sites for hydroxylation is 1. The number of rotatable bonds is 2. The molecule has 0 bridgehead atoms. The van der Waals surface area contributed by atoms with Crippen LogP contribution in [0.25, 0.3) is 21.5 Å². The first-order valence-electron chi connectivity index (χ1n) is 7.79. The van der Waals surface area contributed by atoms with E-state index in [9.17, 15) is 15.3 Å². The highest BCUT2D eigenvalue weighted by molar-refractivity contribution is 7.16. The zero-order chi connectivity index (χ0) is 17.6. The Labute approximate surface area is 147 Å². The van der Waals surface area contributed by atoms with E-state index in [2.05, 4.69) is 17.1 Å². The van der Waals surface area contributed by atoms with Crippen LogP contribution in [-0.4, -0.2) is 20.6 Å². The van der Waals surface area contributed by atoms with E-state index in [0.717, 1.165) is 52.8 Å². The second kappa shape index (κ2) is 5.73. The first-order valence-corrected chi connectivity index (χ1v) is 8.61. The molecule has 0 spiro atoms. The van der Waals surface area contributed by atoms with E-state index in [0.29, 0.717) is 10.6 Å². The fourth-order valence-corrected chi connectivity index (χ4v) is 4.16. The highest BCUT2D eigenvalue weighted by Crippen LogP contribution is 2.36. The number of nitrogens with zero attached hydrogens (tertiary/aromatic N) is 4. The highest BCUT2D eigenvalue weighted by Gasteiger charge is 2.24. The van der Waals surface area contributed by atoms with E-state index in [4.69, 9.17) is 5.11 Å². The van der Waals surface area contributed by atoms with Crippen LogP contribution in [0, 0.1) is 22.7 Å². The Kier molecular flexibility index (Phi) is 3.52. The second-order valence-corrected chi connectivity index (χ2v) is 6.98. The van der Waals surface area contributed by atoms with E-state index >= 15 is 0 Å². The molecule has 1 aliphatic rings. The van der Waals surface area contributed by atoms with Crippen LogP contribution >= 0.6 is 11.3 Å². The predicted octanol–water partition coefficient (Wildman–Crippen LogP) is 3.74. The molecule has 3 heterocycles. The van der Waals surface area contributed by atoms with Crippen molar-refractivity contribution in [2.24, 2.45) is 0 Å². The normalized spacial score (nSPS) is 16.2. The molecule has 2 aromatic heterocycles. The SMILES string of the molecule is N#Cc1cc(-c2ncc(C(=O)O)s2)cc2cc3n(c12)C(C#N)CCC3. The number of fused-ring (bicyclic) bond motifs is 3. The van der Waals surface area contributed by atoms with Crippen LogP contribution in [0.2, 0.25) is 0 Å². The maximum absolute atomic E-state index is 11.1. The summed E-state index contributed by atoms with van der Waals surface area (Å²) < 4.78 is 1.98. The van der Waals surface area contributed by atoms with E-state index in [1.54, 1.807) is 6.07 Å². The minimum absolute atomic E-state index is 0.161. The highest BCUT2D eigenvalue weighted by atomic mass is 32.1. The van der Waals surface area contributed by atoms with Gasteiger partial charge in [-0.2, -0.15) is 10.5 Å². The molecule has 1 N–H and O–H groups in total. The maximum Gasteiger partial charge on any atom is 0.347 e. The Morgan fingerprint density at radius 2 is 2.20 bits per heavy atom. The van der Waals surface area contributed by atoms with Gasteiger partial charge in [-0.15, -0.1) is 11.3 Å². The number of thiazole rings is 1. The molecule has 6 nitrogen and oxygen atoms in total. The minimum atomic E-state index is -1.01. The molecule has 0 saturated heterocycles. The van der Waals surface area contributed by atoms with Crippen molar-refractivity contribution in [2.75, 3.05) is 0 Å². The van der Waals surface area contributed by atoms with E-state index in [-0.39, 0.29) is 10.9 Å². The first kappa shape index (κ1) is 15.4. The largest absolute Gasteiger partial charge is 0.477 e. The summed E-state index contributed by atoms with van der Waals surface area (Å²) in [6.45, 7) is 0. The number of aromatic nitrogens is 2. The standard InChI is InChI=1S/C18H12N4O2S/c19-7-12-5-11(17-21-9-15(25-17)18(23)24)4-10-6-13-2-1-3-14(8-20)22(13)16(10)12/h4-6,9,14H,1-3H2,(H,23,24). The van der Waals surface area contributed by atoms with Gasteiger partial charge in [-0.05, 0) is 37.5 Å². The number of carboxylic acids is 1. The Hall–Kier alpha value is -3.16. The van der Waals surface area contributed by atoms with Crippen molar-refractivity contribution < 1.29 is 9.90 Å². The molecule has 1 atom stereocenters. The number of hydrogen-bond donors (Lipinski definition) is 1. The fourth-order valence-electron chi connectivity index (χ4n) is 3.42. The molecule has 0 fully saturated rings. The third-order valence-electron chi connectivity index (χ3n) is 4.47. The van der Waals surface area contributed by atoms with Crippen LogP contribution in [0.3, 0.4) is 0 Å². The lowest BCUT2D eigenvalue weighted by Gasteiger charge is -2.21. The van der Waals surface area contributed by atoms with Gasteiger partial charge in [-0.3, -0.25) is 0 Å². The molecule has 1 aliphatic heterocycles. The topological polar surface area (TPSA) is 103 Å². The van der Waals surface area contributed by atoms with Gasteiger partial charge in [-0.1, -0.05) is 0 Å². The zero-order valence-corrected chi connectivity index (χ0v) is 13.9. The summed E-state index contributed by atoms with van der Waals surface area (Å²) in [4.78, 5) is 15.4. The van der Waals surface area contributed by atoms with E-state index in [1.807, 2.05) is 16.7 Å². The van der Waals surface area contributed by atoms with Gasteiger partial charge in [0, 0.05) is 16.6 Å². The number of aromatic carboxylic acids is 1. The molecule has 1 aromatic carbocycles. The number of carbonyl (C=O) groups is 1. The molecule has 25 heavy (non-hydrogen) atoms. The van der Waals surface area contributed by atoms with Gasteiger partial charge in [0.25, 0.3) is 0 Å². The van der Waals surface area contributed by atoms with Gasteiger partial charge >= 0.3 is 5.97 Å². The summed E-state index contributed by atoms with van der Waals surface area (Å²) in [5, 5.41) is 29.6. The van der Waals surface area contributed by atoms with Crippen LogP contribution < -0.4 is 0 Å². The van der Waals surface area contributed by atoms with Crippen molar-refractivity contribution in [3.63, 3.8) is 0 Å². The van der Waals surface area contributed by atoms with Gasteiger partial charge in [-0.25, -0.2) is 9.78 Å². The quantitative estimate of drug-likeness (QED) is 0.760. The Morgan fingerprint density at radius 3 is 2.88 bits per heavy atom. The molecule has 0 aliphatic carbocycles. The van der Waals surface area contributed by atoms with Crippen LogP contribution in [0.15, 0.2) is 24.4 Å². The third-order valence-corrected chi connectivity index (χ3v) is 5.50. The molecular weight excluding hydrogens is 336 g/mol. The molecule has 122 valence electrons. The van der Waals surface area contributed by atoms with Crippen LogP contribution in [-0.2, 0) is 6.42 Å². The lowest BCUT2D eigenvalue weighted by molar-refractivity contribution is 0.0702. The lowest BCUT2D eigenvalue weighted by Crippen LogP contribution is -2.16. The minimum Gasteiger partial charge on any atom is -0.477 e. The second-order valence-electron chi connectivity index (χ2n) is 5.95. The summed E-state index contributed by atoms with van der Waals surface area (Å²) in [7, 11) is 0. The molecule has 0 saturated carbocycles. The van der Waals surface area contributed by atoms with E-state index in [1.165, 1.54) is 6.20 Å². The summed E-state index contributed by atoms with van der Waals surface area (Å²) in [5.41, 5.74) is 3.04. The van der Waals surface area contributed by atoms with Crippen LogP contribution in [0.4, 0.5) is 0 Å². The van der Waals surface area contributed by atoms with Gasteiger partial charge in [0.1, 0.15) is 22.0 Å². The van der Waals surface area contributed by atoms with Gasteiger partial charge < -0.3 is 9.67 Å². The smallest absolute Gasteiger partial charge is 0.347 e. The molecule has 3 aromatic rings. The Balaban J connectivity index is 1.94. The molecule has 0 amide bonds. The Bertz CT molecular complexity index is 1100. The van der Waals surface area contributed by atoms with Crippen molar-refractivity contribution in [1.82, 2.24) is 9.55 Å². The van der Waals surface area contributed by atoms with Crippen molar-refractivity contribution in [3.05, 3.63) is 40.5 Å². The average molecular weight is 348 g/mol. The maximum atomic E-state index is 11.1. The fraction of sp³-hybridized carbons (Fsp3) is 0.222. The van der Waals surface area contributed by atoms with Crippen molar-refractivity contribution in [1.29, 1.82) is 10.5 Å². The monoisotopic (exact) mass is 348 g/mol. The summed E-state index contributed by atoms with van der Waals surface area (Å²) in [6, 6.07) is 9.96. The number of carboxylic acid groups (broad SMARTS) is 1. The van der Waals surface area contributed by atoms with Gasteiger partial charge in [0.05, 0.1) is 23.3 Å². The lowest BCUT2D eigenvalue weighted by atomic mass is 10.0. The van der Waals surface area contributed by atoms with Crippen molar-refractivity contribution in [2.45, 2.75) is 25.3 Å². The predicted molar refractivity (Wildman–Crippen MR) is 92.3 cm³/mol. The average Bonchev–Trinajstić information content (AvgIpc) is 3.25. The number of nitriles is 2. The molecule has 4 rings (SSSR count). The van der Waals surface area contributed by atoms with E-state index < -0.39 is 5.97 Å². The van der Waals surface area contributed by atoms with Gasteiger partial charge in [0.2, 0.25) is 0 Å². The Morgan fingerprint density at radius 1 is 1.36 bits per heavy atom.